The lowest BCUT2D eigenvalue weighted by Crippen LogP contribution is -2.33. The second kappa shape index (κ2) is 7.44. The van der Waals surface area contributed by atoms with Gasteiger partial charge < -0.3 is 5.32 Å². The Balaban J connectivity index is 1.83. The number of nitrogens with one attached hydrogen (secondary N) is 1. The molecule has 0 amide bonds. The van der Waals surface area contributed by atoms with Crippen LogP contribution < -0.4 is 5.32 Å². The van der Waals surface area contributed by atoms with E-state index in [1.165, 1.54) is 37.8 Å². The molecule has 120 valence electrons. The first-order valence-corrected chi connectivity index (χ1v) is 8.79. The number of nitrogens with zero attached hydrogens (tertiary/aromatic N) is 2. The maximum absolute atomic E-state index is 4.68. The summed E-state index contributed by atoms with van der Waals surface area (Å²) in [6.07, 6.45) is 10.2. The van der Waals surface area contributed by atoms with Crippen molar-refractivity contribution in [2.75, 3.05) is 6.54 Å². The number of hydrogen-bond donors (Lipinski definition) is 1. The molecule has 3 heteroatoms. The van der Waals surface area contributed by atoms with Crippen molar-refractivity contribution in [3.8, 4) is 0 Å². The highest BCUT2D eigenvalue weighted by atomic mass is 15.3. The monoisotopic (exact) mass is 291 g/mol. The maximum atomic E-state index is 4.68. The van der Waals surface area contributed by atoms with E-state index in [9.17, 15) is 0 Å². The second-order valence-corrected chi connectivity index (χ2v) is 7.45. The van der Waals surface area contributed by atoms with Crippen LogP contribution in [0.1, 0.15) is 78.0 Å². The molecule has 3 nitrogen and oxygen atoms in total. The lowest BCUT2D eigenvalue weighted by molar-refractivity contribution is 0.223. The molecule has 1 heterocycles. The Labute approximate surface area is 130 Å². The Morgan fingerprint density at radius 3 is 2.62 bits per heavy atom. The average molecular weight is 291 g/mol. The van der Waals surface area contributed by atoms with Gasteiger partial charge in [0.1, 0.15) is 0 Å². The largest absolute Gasteiger partial charge is 0.311 e. The van der Waals surface area contributed by atoms with Crippen molar-refractivity contribution >= 4 is 0 Å². The summed E-state index contributed by atoms with van der Waals surface area (Å²) in [5.74, 6) is 0.800. The summed E-state index contributed by atoms with van der Waals surface area (Å²) in [5, 5.41) is 8.37. The number of rotatable bonds is 8. The van der Waals surface area contributed by atoms with Crippen LogP contribution in [-0.4, -0.2) is 16.3 Å². The molecule has 1 aromatic rings. The fraction of sp³-hybridized carbons (Fsp3) is 0.833. The highest BCUT2D eigenvalue weighted by Crippen LogP contribution is 2.42. The molecule has 0 bridgehead atoms. The molecule has 1 aromatic heterocycles. The van der Waals surface area contributed by atoms with E-state index in [4.69, 9.17) is 0 Å². The first kappa shape index (κ1) is 16.5. The Hall–Kier alpha value is -0.830. The standard InChI is InChI=1S/C18H33N3/c1-5-16(4)21-11-8-17(20-21)13-19-14-18(12-15(2)3)9-6-7-10-18/h8,11,15-16,19H,5-7,9-10,12-14H2,1-4H3. The van der Waals surface area contributed by atoms with Crippen molar-refractivity contribution in [3.63, 3.8) is 0 Å². The molecule has 21 heavy (non-hydrogen) atoms. The molecule has 0 saturated heterocycles. The quantitative estimate of drug-likeness (QED) is 0.761. The summed E-state index contributed by atoms with van der Waals surface area (Å²) >= 11 is 0. The van der Waals surface area contributed by atoms with Crippen molar-refractivity contribution in [3.05, 3.63) is 18.0 Å². The number of aromatic nitrogens is 2. The summed E-state index contributed by atoms with van der Waals surface area (Å²) in [7, 11) is 0. The molecule has 1 atom stereocenters. The molecule has 1 aliphatic rings. The SMILES string of the molecule is CCC(C)n1ccc(CNCC2(CC(C)C)CCCC2)n1. The van der Waals surface area contributed by atoms with Crippen LogP contribution in [0.4, 0.5) is 0 Å². The number of hydrogen-bond acceptors (Lipinski definition) is 2. The first-order chi connectivity index (χ1) is 10.0. The summed E-state index contributed by atoms with van der Waals surface area (Å²) < 4.78 is 2.09. The van der Waals surface area contributed by atoms with Gasteiger partial charge in [0.15, 0.2) is 0 Å². The van der Waals surface area contributed by atoms with E-state index in [1.807, 2.05) is 0 Å². The highest BCUT2D eigenvalue weighted by Gasteiger charge is 2.33. The smallest absolute Gasteiger partial charge is 0.0762 e. The van der Waals surface area contributed by atoms with Crippen molar-refractivity contribution in [2.45, 2.75) is 78.8 Å². The maximum Gasteiger partial charge on any atom is 0.0762 e. The molecule has 0 spiro atoms. The molecule has 0 radical (unpaired) electrons. The van der Waals surface area contributed by atoms with Gasteiger partial charge >= 0.3 is 0 Å². The summed E-state index contributed by atoms with van der Waals surface area (Å²) in [6.45, 7) is 11.2. The van der Waals surface area contributed by atoms with Crippen LogP contribution in [0.25, 0.3) is 0 Å². The van der Waals surface area contributed by atoms with Gasteiger partial charge in [0, 0.05) is 25.3 Å². The lowest BCUT2D eigenvalue weighted by Gasteiger charge is -2.31. The van der Waals surface area contributed by atoms with Crippen LogP contribution in [0.5, 0.6) is 0 Å². The average Bonchev–Trinajstić information content (AvgIpc) is 3.07. The molecule has 1 N–H and O–H groups in total. The van der Waals surface area contributed by atoms with Crippen LogP contribution in [0.15, 0.2) is 12.3 Å². The molecule has 1 saturated carbocycles. The van der Waals surface area contributed by atoms with Crippen LogP contribution in [0.2, 0.25) is 0 Å². The minimum Gasteiger partial charge on any atom is -0.311 e. The van der Waals surface area contributed by atoms with E-state index in [0.717, 1.165) is 25.4 Å². The Morgan fingerprint density at radius 1 is 1.29 bits per heavy atom. The van der Waals surface area contributed by atoms with Crippen LogP contribution in [-0.2, 0) is 6.54 Å². The van der Waals surface area contributed by atoms with E-state index >= 15 is 0 Å². The van der Waals surface area contributed by atoms with Crippen molar-refractivity contribution in [2.24, 2.45) is 11.3 Å². The topological polar surface area (TPSA) is 29.9 Å². The molecule has 1 fully saturated rings. The van der Waals surface area contributed by atoms with Gasteiger partial charge in [-0.05, 0) is 50.0 Å². The zero-order valence-electron chi connectivity index (χ0n) is 14.4. The van der Waals surface area contributed by atoms with E-state index in [-0.39, 0.29) is 0 Å². The summed E-state index contributed by atoms with van der Waals surface area (Å²) in [6, 6.07) is 2.66. The van der Waals surface area contributed by atoms with Crippen LogP contribution in [0, 0.1) is 11.3 Å². The fourth-order valence-corrected chi connectivity index (χ4v) is 3.80. The van der Waals surface area contributed by atoms with Crippen LogP contribution >= 0.6 is 0 Å². The van der Waals surface area contributed by atoms with Gasteiger partial charge in [-0.15, -0.1) is 0 Å². The summed E-state index contributed by atoms with van der Waals surface area (Å²) in [4.78, 5) is 0. The third-order valence-electron chi connectivity index (χ3n) is 5.02. The van der Waals surface area contributed by atoms with E-state index < -0.39 is 0 Å². The fourth-order valence-electron chi connectivity index (χ4n) is 3.80. The Bertz CT molecular complexity index is 416. The Morgan fingerprint density at radius 2 is 2.00 bits per heavy atom. The molecule has 1 aliphatic carbocycles. The predicted octanol–water partition coefficient (Wildman–Crippen LogP) is 4.55. The zero-order chi connectivity index (χ0) is 15.3. The van der Waals surface area contributed by atoms with Gasteiger partial charge in [0.2, 0.25) is 0 Å². The minimum absolute atomic E-state index is 0.501. The molecule has 0 aromatic carbocycles. The third kappa shape index (κ3) is 4.57. The second-order valence-electron chi connectivity index (χ2n) is 7.45. The van der Waals surface area contributed by atoms with E-state index in [2.05, 4.69) is 55.1 Å². The van der Waals surface area contributed by atoms with Gasteiger partial charge in [-0.3, -0.25) is 4.68 Å². The van der Waals surface area contributed by atoms with Gasteiger partial charge in [0.05, 0.1) is 5.69 Å². The van der Waals surface area contributed by atoms with Gasteiger partial charge in [-0.1, -0.05) is 33.6 Å². The molecule has 2 rings (SSSR count). The predicted molar refractivity (Wildman–Crippen MR) is 89.3 cm³/mol. The minimum atomic E-state index is 0.501. The summed E-state index contributed by atoms with van der Waals surface area (Å²) in [5.41, 5.74) is 1.72. The van der Waals surface area contributed by atoms with E-state index in [0.29, 0.717) is 11.5 Å². The van der Waals surface area contributed by atoms with Crippen molar-refractivity contribution in [1.82, 2.24) is 15.1 Å². The Kier molecular flexibility index (Phi) is 5.86. The van der Waals surface area contributed by atoms with Crippen molar-refractivity contribution in [1.29, 1.82) is 0 Å². The molecule has 0 aliphatic heterocycles. The lowest BCUT2D eigenvalue weighted by atomic mass is 9.78. The molecule has 1 unspecified atom stereocenters. The zero-order valence-corrected chi connectivity index (χ0v) is 14.4. The van der Waals surface area contributed by atoms with Crippen LogP contribution in [0.3, 0.4) is 0 Å². The first-order valence-electron chi connectivity index (χ1n) is 8.79. The normalized spacial score (nSPS) is 19.3. The van der Waals surface area contributed by atoms with Crippen molar-refractivity contribution < 1.29 is 0 Å². The van der Waals surface area contributed by atoms with Gasteiger partial charge in [0.25, 0.3) is 0 Å². The van der Waals surface area contributed by atoms with Gasteiger partial charge in [-0.2, -0.15) is 5.10 Å². The van der Waals surface area contributed by atoms with E-state index in [1.54, 1.807) is 0 Å². The molecular weight excluding hydrogens is 258 g/mol. The van der Waals surface area contributed by atoms with Gasteiger partial charge in [-0.25, -0.2) is 0 Å². The third-order valence-corrected chi connectivity index (χ3v) is 5.02. The molecular formula is C18H33N3. The highest BCUT2D eigenvalue weighted by molar-refractivity contribution is 5.00.